The number of nitrogens with zero attached hydrogens (tertiary/aromatic N) is 5. The predicted octanol–water partition coefficient (Wildman–Crippen LogP) is 5.04. The molecule has 1 atom stereocenters. The van der Waals surface area contributed by atoms with E-state index >= 15 is 0 Å². The standard InChI is InChI=1S/C25H24Cl2N6O/c1-15-10-18(26)11-17-7-9-29-24(23(15)17)33(19-4-3-8-28-13-19)25(34)20-6-5-16(12-21(20)27)22-14-32(2)31-30-22/h5-7,9-12,14,19,28H,3-4,8,13H2,1-2H3/t19-/m1/s1. The highest BCUT2D eigenvalue weighted by molar-refractivity contribution is 6.35. The molecule has 174 valence electrons. The van der Waals surface area contributed by atoms with Crippen molar-refractivity contribution < 1.29 is 4.79 Å². The van der Waals surface area contributed by atoms with Gasteiger partial charge in [0, 0.05) is 35.8 Å². The molecule has 0 spiro atoms. The van der Waals surface area contributed by atoms with Gasteiger partial charge in [0.2, 0.25) is 0 Å². The van der Waals surface area contributed by atoms with Gasteiger partial charge in [-0.05, 0) is 67.6 Å². The van der Waals surface area contributed by atoms with Gasteiger partial charge in [-0.2, -0.15) is 0 Å². The highest BCUT2D eigenvalue weighted by Gasteiger charge is 2.31. The van der Waals surface area contributed by atoms with Crippen LogP contribution >= 0.6 is 23.2 Å². The molecule has 7 nitrogen and oxygen atoms in total. The molecular weight excluding hydrogens is 471 g/mol. The normalized spacial score (nSPS) is 16.1. The number of pyridine rings is 1. The molecule has 0 saturated carbocycles. The van der Waals surface area contributed by atoms with E-state index in [2.05, 4.69) is 20.6 Å². The number of anilines is 1. The zero-order valence-electron chi connectivity index (χ0n) is 18.9. The number of aromatic nitrogens is 4. The third kappa shape index (κ3) is 4.27. The molecule has 0 aliphatic carbocycles. The SMILES string of the molecule is Cc1cc(Cl)cc2ccnc(N(C(=O)c3ccc(-c4cn(C)nn4)cc3Cl)[C@@H]3CCCNC3)c12. The number of halogens is 2. The molecule has 1 aliphatic rings. The van der Waals surface area contributed by atoms with Gasteiger partial charge in [0.25, 0.3) is 5.91 Å². The van der Waals surface area contributed by atoms with Crippen molar-refractivity contribution in [2.75, 3.05) is 18.0 Å². The number of nitrogens with one attached hydrogen (secondary N) is 1. The van der Waals surface area contributed by atoms with E-state index in [1.807, 2.05) is 31.2 Å². The minimum absolute atomic E-state index is 0.0508. The van der Waals surface area contributed by atoms with E-state index in [0.29, 0.717) is 33.7 Å². The van der Waals surface area contributed by atoms with Crippen LogP contribution in [0.2, 0.25) is 10.0 Å². The van der Waals surface area contributed by atoms with Crippen molar-refractivity contribution in [1.29, 1.82) is 0 Å². The maximum Gasteiger partial charge on any atom is 0.261 e. The minimum atomic E-state index is -0.182. The maximum atomic E-state index is 14.1. The Morgan fingerprint density at radius 2 is 2.06 bits per heavy atom. The Morgan fingerprint density at radius 1 is 1.21 bits per heavy atom. The topological polar surface area (TPSA) is 75.9 Å². The molecule has 2 aromatic heterocycles. The monoisotopic (exact) mass is 494 g/mol. The molecule has 1 N–H and O–H groups in total. The van der Waals surface area contributed by atoms with Gasteiger partial charge >= 0.3 is 0 Å². The molecule has 9 heteroatoms. The fourth-order valence-electron chi connectivity index (χ4n) is 4.59. The van der Waals surface area contributed by atoms with Crippen molar-refractivity contribution in [3.05, 3.63) is 70.0 Å². The van der Waals surface area contributed by atoms with Gasteiger partial charge in [0.1, 0.15) is 11.5 Å². The number of amides is 1. The Morgan fingerprint density at radius 3 is 2.76 bits per heavy atom. The molecule has 34 heavy (non-hydrogen) atoms. The van der Waals surface area contributed by atoms with E-state index in [9.17, 15) is 4.79 Å². The molecule has 0 radical (unpaired) electrons. The van der Waals surface area contributed by atoms with E-state index in [1.54, 1.807) is 41.2 Å². The number of carbonyl (C=O) groups is 1. The summed E-state index contributed by atoms with van der Waals surface area (Å²) in [5.41, 5.74) is 2.89. The van der Waals surface area contributed by atoms with Crippen LogP contribution < -0.4 is 10.2 Å². The van der Waals surface area contributed by atoms with Gasteiger partial charge in [-0.15, -0.1) is 5.10 Å². The molecule has 4 aromatic rings. The molecule has 3 heterocycles. The lowest BCUT2D eigenvalue weighted by Crippen LogP contribution is -2.49. The largest absolute Gasteiger partial charge is 0.315 e. The summed E-state index contributed by atoms with van der Waals surface area (Å²) < 4.78 is 1.63. The second kappa shape index (κ2) is 9.33. The first-order valence-corrected chi connectivity index (χ1v) is 11.9. The summed E-state index contributed by atoms with van der Waals surface area (Å²) in [5.74, 6) is 0.443. The van der Waals surface area contributed by atoms with Gasteiger partial charge in [-0.25, -0.2) is 4.98 Å². The summed E-state index contributed by atoms with van der Waals surface area (Å²) in [6, 6.07) is 11.0. The molecule has 0 bridgehead atoms. The zero-order valence-corrected chi connectivity index (χ0v) is 20.4. The van der Waals surface area contributed by atoms with Crippen molar-refractivity contribution in [3.8, 4) is 11.3 Å². The minimum Gasteiger partial charge on any atom is -0.315 e. The predicted molar refractivity (Wildman–Crippen MR) is 136 cm³/mol. The Kier molecular flexibility index (Phi) is 6.25. The number of hydrogen-bond acceptors (Lipinski definition) is 5. The van der Waals surface area contributed by atoms with Crippen LogP contribution in [0, 0.1) is 6.92 Å². The fourth-order valence-corrected chi connectivity index (χ4v) is 5.13. The Balaban J connectivity index is 1.61. The highest BCUT2D eigenvalue weighted by atomic mass is 35.5. The third-order valence-electron chi connectivity index (χ3n) is 6.19. The first-order valence-electron chi connectivity index (χ1n) is 11.2. The molecule has 0 unspecified atom stereocenters. The van der Waals surface area contributed by atoms with Gasteiger partial charge in [-0.1, -0.05) is 34.5 Å². The number of carbonyl (C=O) groups excluding carboxylic acids is 1. The van der Waals surface area contributed by atoms with Crippen LogP contribution in [0.5, 0.6) is 0 Å². The Bertz CT molecular complexity index is 1380. The molecule has 2 aromatic carbocycles. The summed E-state index contributed by atoms with van der Waals surface area (Å²) in [6.45, 7) is 3.61. The van der Waals surface area contributed by atoms with Gasteiger partial charge in [-0.3, -0.25) is 14.4 Å². The van der Waals surface area contributed by atoms with E-state index in [-0.39, 0.29) is 11.9 Å². The zero-order chi connectivity index (χ0) is 23.8. The number of piperidine rings is 1. The molecule has 1 amide bonds. The van der Waals surface area contributed by atoms with Crippen LogP contribution in [0.25, 0.3) is 22.0 Å². The van der Waals surface area contributed by atoms with E-state index < -0.39 is 0 Å². The number of fused-ring (bicyclic) bond motifs is 1. The summed E-state index contributed by atoms with van der Waals surface area (Å²) in [6.07, 6.45) is 5.38. The summed E-state index contributed by atoms with van der Waals surface area (Å²) in [4.78, 5) is 20.5. The van der Waals surface area contributed by atoms with E-state index in [1.165, 1.54) is 0 Å². The van der Waals surface area contributed by atoms with Crippen LogP contribution in [0.4, 0.5) is 5.82 Å². The van der Waals surface area contributed by atoms with Crippen LogP contribution in [-0.4, -0.2) is 45.0 Å². The van der Waals surface area contributed by atoms with Crippen molar-refractivity contribution in [1.82, 2.24) is 25.3 Å². The van der Waals surface area contributed by atoms with E-state index in [4.69, 9.17) is 23.2 Å². The lowest BCUT2D eigenvalue weighted by atomic mass is 10.0. The summed E-state index contributed by atoms with van der Waals surface area (Å²) in [5, 5.41) is 14.4. The second-order valence-electron chi connectivity index (χ2n) is 8.60. The van der Waals surface area contributed by atoms with Crippen LogP contribution in [0.3, 0.4) is 0 Å². The van der Waals surface area contributed by atoms with Crippen molar-refractivity contribution in [2.24, 2.45) is 7.05 Å². The highest BCUT2D eigenvalue weighted by Crippen LogP contribution is 2.34. The first kappa shape index (κ1) is 22.8. The van der Waals surface area contributed by atoms with Crippen LogP contribution in [-0.2, 0) is 7.05 Å². The molecule has 5 rings (SSSR count). The van der Waals surface area contributed by atoms with Gasteiger partial charge < -0.3 is 5.32 Å². The average Bonchev–Trinajstić information content (AvgIpc) is 3.26. The number of aryl methyl sites for hydroxylation is 2. The van der Waals surface area contributed by atoms with Crippen LogP contribution in [0.1, 0.15) is 28.8 Å². The summed E-state index contributed by atoms with van der Waals surface area (Å²) >= 11 is 13.0. The lowest BCUT2D eigenvalue weighted by Gasteiger charge is -2.35. The summed E-state index contributed by atoms with van der Waals surface area (Å²) in [7, 11) is 1.80. The smallest absolute Gasteiger partial charge is 0.261 e. The first-order chi connectivity index (χ1) is 16.4. The molecule has 1 aliphatic heterocycles. The van der Waals surface area contributed by atoms with E-state index in [0.717, 1.165) is 41.3 Å². The fraction of sp³-hybridized carbons (Fsp3) is 0.280. The number of benzene rings is 2. The number of rotatable bonds is 4. The van der Waals surface area contributed by atoms with Crippen molar-refractivity contribution >= 4 is 45.7 Å². The molecule has 1 saturated heterocycles. The van der Waals surface area contributed by atoms with Gasteiger partial charge in [0.15, 0.2) is 0 Å². The maximum absolute atomic E-state index is 14.1. The van der Waals surface area contributed by atoms with Crippen molar-refractivity contribution in [2.45, 2.75) is 25.8 Å². The third-order valence-corrected chi connectivity index (χ3v) is 6.72. The average molecular weight is 495 g/mol. The Labute approximate surface area is 207 Å². The Hall–Kier alpha value is -3.00. The second-order valence-corrected chi connectivity index (χ2v) is 9.45. The van der Waals surface area contributed by atoms with Crippen LogP contribution in [0.15, 0.2) is 48.8 Å². The lowest BCUT2D eigenvalue weighted by molar-refractivity contribution is 0.0972. The van der Waals surface area contributed by atoms with Crippen molar-refractivity contribution in [3.63, 3.8) is 0 Å². The quantitative estimate of drug-likeness (QED) is 0.429. The molecular formula is C25H24Cl2N6O. The molecule has 1 fully saturated rings. The number of hydrogen-bond donors (Lipinski definition) is 1. The van der Waals surface area contributed by atoms with Gasteiger partial charge in [0.05, 0.1) is 22.8 Å².